The highest BCUT2D eigenvalue weighted by atomic mass is 32.9. The van der Waals surface area contributed by atoms with Crippen LogP contribution in [0.15, 0.2) is 0 Å². The van der Waals surface area contributed by atoms with Gasteiger partial charge in [-0.25, -0.2) is 0 Å². The molecule has 0 saturated heterocycles. The summed E-state index contributed by atoms with van der Waals surface area (Å²) in [5.41, 5.74) is 0. The van der Waals surface area contributed by atoms with Gasteiger partial charge in [0.25, 0.3) is 0 Å². The minimum atomic E-state index is -1.12. The Kier molecular flexibility index (Phi) is 2.73. The van der Waals surface area contributed by atoms with Gasteiger partial charge in [-0.1, -0.05) is 18.7 Å². The van der Waals surface area contributed by atoms with Gasteiger partial charge in [-0.3, -0.25) is 0 Å². The van der Waals surface area contributed by atoms with Crippen molar-refractivity contribution in [2.75, 3.05) is 12.8 Å². The van der Waals surface area contributed by atoms with Crippen molar-refractivity contribution < 1.29 is 0 Å². The first kappa shape index (κ1) is 7.00. The quantitative estimate of drug-likeness (QED) is 0.429. The van der Waals surface area contributed by atoms with Crippen LogP contribution in [0.25, 0.3) is 0 Å². The van der Waals surface area contributed by atoms with Crippen molar-refractivity contribution in [3.8, 4) is 0 Å². The molecule has 1 atom stereocenters. The Morgan fingerprint density at radius 3 is 2.00 bits per heavy atom. The van der Waals surface area contributed by atoms with Crippen LogP contribution in [-0.2, 0) is 11.8 Å². The van der Waals surface area contributed by atoms with Gasteiger partial charge < -0.3 is 0 Å². The Bertz CT molecular complexity index is 72.9. The Labute approximate surface area is 49.5 Å². The highest BCUT2D eigenvalue weighted by molar-refractivity contribution is 8.63. The standard InChI is InChI=1S/C3H9PS2/c1-3-4(2,5)6/h3H2,1-2H3,(H,5,6). The van der Waals surface area contributed by atoms with E-state index in [1.807, 2.05) is 6.66 Å². The van der Waals surface area contributed by atoms with Gasteiger partial charge in [0.05, 0.1) is 0 Å². The first-order valence-electron chi connectivity index (χ1n) is 1.85. The second kappa shape index (κ2) is 2.34. The summed E-state index contributed by atoms with van der Waals surface area (Å²) in [5.74, 6) is 0. The highest BCUT2D eigenvalue weighted by Crippen LogP contribution is 2.45. The number of rotatable bonds is 1. The third-order valence-electron chi connectivity index (χ3n) is 0.587. The summed E-state index contributed by atoms with van der Waals surface area (Å²) < 4.78 is 0. The summed E-state index contributed by atoms with van der Waals surface area (Å²) in [4.78, 5) is 0. The SMILES string of the molecule is CCP(C)(=S)S. The fourth-order valence-corrected chi connectivity index (χ4v) is 0. The van der Waals surface area contributed by atoms with Gasteiger partial charge in [0.1, 0.15) is 0 Å². The number of hydrogen-bond donors (Lipinski definition) is 1. The molecule has 0 nitrogen and oxygen atoms in total. The van der Waals surface area contributed by atoms with Gasteiger partial charge in [0.15, 0.2) is 0 Å². The van der Waals surface area contributed by atoms with E-state index in [4.69, 9.17) is 11.8 Å². The smallest absolute Gasteiger partial charge is 0.000215 e. The fraction of sp³-hybridized carbons (Fsp3) is 1.00. The second-order valence-corrected chi connectivity index (χ2v) is 9.98. The first-order valence-corrected chi connectivity index (χ1v) is 6.44. The lowest BCUT2D eigenvalue weighted by Crippen LogP contribution is -1.66. The molecular formula is C3H9PS2. The molecule has 0 spiro atoms. The number of hydrogen-bond acceptors (Lipinski definition) is 1. The predicted octanol–water partition coefficient (Wildman–Crippen LogP) is 1.96. The zero-order valence-corrected chi connectivity index (χ0v) is 6.62. The van der Waals surface area contributed by atoms with Crippen LogP contribution < -0.4 is 0 Å². The van der Waals surface area contributed by atoms with E-state index in [0.717, 1.165) is 6.16 Å². The van der Waals surface area contributed by atoms with E-state index in [9.17, 15) is 0 Å². The maximum absolute atomic E-state index is 4.96. The minimum Gasteiger partial charge on any atom is -0.141 e. The lowest BCUT2D eigenvalue weighted by molar-refractivity contribution is 1.51. The molecular weight excluding hydrogens is 131 g/mol. The molecule has 0 aromatic carbocycles. The maximum Gasteiger partial charge on any atom is 0.000215 e. The van der Waals surface area contributed by atoms with Gasteiger partial charge in [0.2, 0.25) is 0 Å². The van der Waals surface area contributed by atoms with Crippen LogP contribution in [0.5, 0.6) is 0 Å². The van der Waals surface area contributed by atoms with E-state index < -0.39 is 5.24 Å². The summed E-state index contributed by atoms with van der Waals surface area (Å²) >= 11 is 9.14. The lowest BCUT2D eigenvalue weighted by atomic mass is 11.0. The summed E-state index contributed by atoms with van der Waals surface area (Å²) in [6.07, 6.45) is 1.06. The molecule has 1 unspecified atom stereocenters. The molecule has 0 radical (unpaired) electrons. The van der Waals surface area contributed by atoms with Crippen molar-refractivity contribution in [1.29, 1.82) is 0 Å². The van der Waals surface area contributed by atoms with Crippen LogP contribution >= 0.6 is 17.5 Å². The summed E-state index contributed by atoms with van der Waals surface area (Å²) in [7, 11) is 0. The molecule has 0 amide bonds. The summed E-state index contributed by atoms with van der Waals surface area (Å²) in [6, 6.07) is 0. The molecule has 0 aromatic rings. The van der Waals surface area contributed by atoms with Crippen LogP contribution in [0, 0.1) is 0 Å². The minimum absolute atomic E-state index is 1.06. The fourth-order valence-electron chi connectivity index (χ4n) is 0. The normalized spacial score (nSPS) is 19.8. The third-order valence-corrected chi connectivity index (χ3v) is 3.38. The van der Waals surface area contributed by atoms with Crippen LogP contribution in [0.3, 0.4) is 0 Å². The van der Waals surface area contributed by atoms with Crippen molar-refractivity contribution in [3.63, 3.8) is 0 Å². The predicted molar refractivity (Wildman–Crippen MR) is 39.7 cm³/mol. The number of thiol groups is 1. The Morgan fingerprint density at radius 1 is 1.83 bits per heavy atom. The molecule has 6 heavy (non-hydrogen) atoms. The molecule has 0 aliphatic carbocycles. The van der Waals surface area contributed by atoms with E-state index in [1.165, 1.54) is 0 Å². The van der Waals surface area contributed by atoms with E-state index in [1.54, 1.807) is 0 Å². The summed E-state index contributed by atoms with van der Waals surface area (Å²) in [5, 5.41) is -1.12. The van der Waals surface area contributed by atoms with Crippen molar-refractivity contribution in [3.05, 3.63) is 0 Å². The maximum atomic E-state index is 4.96. The molecule has 3 heteroatoms. The molecule has 0 N–H and O–H groups in total. The molecule has 38 valence electrons. The molecule has 0 aliphatic heterocycles. The zero-order valence-electron chi connectivity index (χ0n) is 4.01. The van der Waals surface area contributed by atoms with Gasteiger partial charge in [-0.2, -0.15) is 0 Å². The van der Waals surface area contributed by atoms with Crippen LogP contribution in [0.1, 0.15) is 6.92 Å². The van der Waals surface area contributed by atoms with E-state index >= 15 is 0 Å². The highest BCUT2D eigenvalue weighted by Gasteiger charge is 1.93. The lowest BCUT2D eigenvalue weighted by Gasteiger charge is -1.99. The first-order chi connectivity index (χ1) is 2.56. The second-order valence-electron chi connectivity index (χ2n) is 1.37. The molecule has 0 heterocycles. The topological polar surface area (TPSA) is 0 Å². The monoisotopic (exact) mass is 140 g/mol. The summed E-state index contributed by atoms with van der Waals surface area (Å²) in [6.45, 7) is 4.11. The third kappa shape index (κ3) is 5.00. The van der Waals surface area contributed by atoms with Gasteiger partial charge in [-0.15, -0.1) is 12.2 Å². The average Bonchev–Trinajstić information content (AvgIpc) is 1.35. The van der Waals surface area contributed by atoms with Crippen molar-refractivity contribution in [2.24, 2.45) is 0 Å². The molecule has 0 fully saturated rings. The van der Waals surface area contributed by atoms with Crippen molar-refractivity contribution in [1.82, 2.24) is 0 Å². The van der Waals surface area contributed by atoms with Gasteiger partial charge in [0, 0.05) is 5.24 Å². The van der Waals surface area contributed by atoms with Gasteiger partial charge in [-0.05, 0) is 12.8 Å². The Morgan fingerprint density at radius 2 is 2.00 bits per heavy atom. The van der Waals surface area contributed by atoms with E-state index in [-0.39, 0.29) is 0 Å². The Hall–Kier alpha value is 1.00. The van der Waals surface area contributed by atoms with Crippen molar-refractivity contribution >= 4 is 29.3 Å². The van der Waals surface area contributed by atoms with Crippen molar-refractivity contribution in [2.45, 2.75) is 6.92 Å². The van der Waals surface area contributed by atoms with E-state index in [0.29, 0.717) is 0 Å². The molecule has 0 bridgehead atoms. The Balaban J connectivity index is 3.48. The molecule has 0 rings (SSSR count). The van der Waals surface area contributed by atoms with Crippen LogP contribution in [0.4, 0.5) is 0 Å². The molecule has 0 saturated carbocycles. The van der Waals surface area contributed by atoms with E-state index in [2.05, 4.69) is 19.2 Å². The molecule has 0 aliphatic rings. The van der Waals surface area contributed by atoms with Crippen LogP contribution in [0.2, 0.25) is 0 Å². The average molecular weight is 140 g/mol. The largest absolute Gasteiger partial charge is 0.141 e. The van der Waals surface area contributed by atoms with Gasteiger partial charge >= 0.3 is 0 Å². The van der Waals surface area contributed by atoms with Crippen LogP contribution in [-0.4, -0.2) is 12.8 Å². The zero-order chi connectivity index (χ0) is 5.21. The molecule has 0 aromatic heterocycles.